The van der Waals surface area contributed by atoms with Gasteiger partial charge in [0.1, 0.15) is 5.75 Å². The first-order valence-corrected chi connectivity index (χ1v) is 5.07. The van der Waals surface area contributed by atoms with Crippen LogP contribution in [0, 0.1) is 0 Å². The Labute approximate surface area is 97.9 Å². The molecule has 0 aromatic heterocycles. The highest BCUT2D eigenvalue weighted by Gasteiger charge is 2.08. The van der Waals surface area contributed by atoms with Gasteiger partial charge in [-0.3, -0.25) is 0 Å². The van der Waals surface area contributed by atoms with Gasteiger partial charge in [-0.2, -0.15) is 8.78 Å². The van der Waals surface area contributed by atoms with Crippen molar-refractivity contribution < 1.29 is 13.5 Å². The highest BCUT2D eigenvalue weighted by Crippen LogP contribution is 2.25. The van der Waals surface area contributed by atoms with Gasteiger partial charge < -0.3 is 10.1 Å². The van der Waals surface area contributed by atoms with E-state index in [1.165, 1.54) is 12.1 Å². The lowest BCUT2D eigenvalue weighted by atomic mass is 10.2. The van der Waals surface area contributed by atoms with Crippen LogP contribution < -0.4 is 10.1 Å². The summed E-state index contributed by atoms with van der Waals surface area (Å²) in [5.74, 6) is 0.117. The molecule has 0 amide bonds. The molecule has 1 N–H and O–H groups in total. The first kappa shape index (κ1) is 12.9. The normalized spacial score (nSPS) is 11.3. The Balaban J connectivity index is 2.89. The third-order valence-electron chi connectivity index (χ3n) is 1.81. The average Bonchev–Trinajstić information content (AvgIpc) is 2.22. The summed E-state index contributed by atoms with van der Waals surface area (Å²) >= 11 is 5.77. The third kappa shape index (κ3) is 4.16. The fraction of sp³-hybridized carbons (Fsp3) is 0.273. The molecule has 0 aliphatic carbocycles. The van der Waals surface area contributed by atoms with Crippen molar-refractivity contribution in [2.45, 2.75) is 6.61 Å². The number of alkyl halides is 2. The summed E-state index contributed by atoms with van der Waals surface area (Å²) in [5, 5.41) is 3.38. The summed E-state index contributed by atoms with van der Waals surface area (Å²) in [5.41, 5.74) is 0.531. The molecule has 88 valence electrons. The minimum absolute atomic E-state index is 0.117. The lowest BCUT2D eigenvalue weighted by molar-refractivity contribution is -0.0499. The van der Waals surface area contributed by atoms with Gasteiger partial charge in [-0.1, -0.05) is 23.8 Å². The van der Waals surface area contributed by atoms with Crippen LogP contribution in [0.2, 0.25) is 5.02 Å². The molecule has 0 heterocycles. The third-order valence-corrected chi connectivity index (χ3v) is 2.04. The Morgan fingerprint density at radius 3 is 2.88 bits per heavy atom. The van der Waals surface area contributed by atoms with Crippen LogP contribution in [0.3, 0.4) is 0 Å². The molecule has 0 radical (unpaired) electrons. The monoisotopic (exact) mass is 247 g/mol. The first-order valence-electron chi connectivity index (χ1n) is 4.69. The van der Waals surface area contributed by atoms with Crippen molar-refractivity contribution in [3.8, 4) is 5.75 Å². The molecule has 1 aromatic carbocycles. The molecule has 0 unspecified atom stereocenters. The Kier molecular flexibility index (Phi) is 5.22. The summed E-state index contributed by atoms with van der Waals surface area (Å²) in [6.45, 7) is -2.20. The van der Waals surface area contributed by atoms with E-state index < -0.39 is 6.61 Å². The van der Waals surface area contributed by atoms with Crippen LogP contribution in [-0.2, 0) is 0 Å². The molecular weight excluding hydrogens is 236 g/mol. The molecule has 0 aliphatic heterocycles. The van der Waals surface area contributed by atoms with Crippen molar-refractivity contribution in [3.05, 3.63) is 34.9 Å². The van der Waals surface area contributed by atoms with Gasteiger partial charge in [0.15, 0.2) is 0 Å². The second kappa shape index (κ2) is 6.45. The lowest BCUT2D eigenvalue weighted by Crippen LogP contribution is -2.05. The smallest absolute Gasteiger partial charge is 0.387 e. The van der Waals surface area contributed by atoms with E-state index in [4.69, 9.17) is 11.6 Å². The van der Waals surface area contributed by atoms with E-state index in [1.807, 2.05) is 0 Å². The molecule has 0 aliphatic rings. The Morgan fingerprint density at radius 1 is 1.50 bits per heavy atom. The average molecular weight is 248 g/mol. The molecule has 0 fully saturated rings. The van der Waals surface area contributed by atoms with Gasteiger partial charge in [0, 0.05) is 17.1 Å². The minimum Gasteiger partial charge on any atom is -0.434 e. The quantitative estimate of drug-likeness (QED) is 0.863. The minimum atomic E-state index is -2.84. The number of rotatable bonds is 5. The standard InChI is InChI=1S/C11H12ClF2NO/c1-15-6-2-3-8-7-9(12)4-5-10(8)16-11(13)14/h2-5,7,11,15H,6H2,1H3. The van der Waals surface area contributed by atoms with Crippen molar-refractivity contribution in [1.82, 2.24) is 5.32 Å². The van der Waals surface area contributed by atoms with Crippen LogP contribution in [-0.4, -0.2) is 20.2 Å². The zero-order valence-corrected chi connectivity index (χ0v) is 9.47. The molecule has 0 bridgehead atoms. The van der Waals surface area contributed by atoms with Gasteiger partial charge >= 0.3 is 6.61 Å². The zero-order chi connectivity index (χ0) is 12.0. The fourth-order valence-corrected chi connectivity index (χ4v) is 1.34. The maximum Gasteiger partial charge on any atom is 0.387 e. The molecule has 0 saturated heterocycles. The maximum atomic E-state index is 12.1. The van der Waals surface area contributed by atoms with Crippen LogP contribution >= 0.6 is 11.6 Å². The van der Waals surface area contributed by atoms with E-state index in [0.29, 0.717) is 17.1 Å². The Hall–Kier alpha value is -1.13. The number of hydrogen-bond donors (Lipinski definition) is 1. The van der Waals surface area contributed by atoms with Crippen LogP contribution in [0.1, 0.15) is 5.56 Å². The van der Waals surface area contributed by atoms with E-state index >= 15 is 0 Å². The van der Waals surface area contributed by atoms with Crippen molar-refractivity contribution in [2.75, 3.05) is 13.6 Å². The molecule has 1 rings (SSSR count). The summed E-state index contributed by atoms with van der Waals surface area (Å²) in [6, 6.07) is 4.51. The van der Waals surface area contributed by atoms with Gasteiger partial charge in [-0.05, 0) is 25.2 Å². The number of hydrogen-bond acceptors (Lipinski definition) is 2. The van der Waals surface area contributed by atoms with Crippen LogP contribution in [0.15, 0.2) is 24.3 Å². The van der Waals surface area contributed by atoms with Gasteiger partial charge in [-0.25, -0.2) is 0 Å². The van der Waals surface area contributed by atoms with Crippen molar-refractivity contribution in [1.29, 1.82) is 0 Å². The number of benzene rings is 1. The molecular formula is C11H12ClF2NO. The largest absolute Gasteiger partial charge is 0.434 e. The van der Waals surface area contributed by atoms with E-state index in [0.717, 1.165) is 0 Å². The van der Waals surface area contributed by atoms with E-state index in [9.17, 15) is 8.78 Å². The van der Waals surface area contributed by atoms with Gasteiger partial charge in [0.25, 0.3) is 0 Å². The van der Waals surface area contributed by atoms with Crippen molar-refractivity contribution >= 4 is 17.7 Å². The lowest BCUT2D eigenvalue weighted by Gasteiger charge is -2.08. The number of ether oxygens (including phenoxy) is 1. The zero-order valence-electron chi connectivity index (χ0n) is 8.71. The molecule has 0 atom stereocenters. The Bertz CT molecular complexity index is 369. The summed E-state index contributed by atoms with van der Waals surface area (Å²) in [7, 11) is 1.79. The number of likely N-dealkylation sites (N-methyl/N-ethyl adjacent to an activating group) is 1. The first-order chi connectivity index (χ1) is 7.63. The van der Waals surface area contributed by atoms with E-state index in [-0.39, 0.29) is 5.75 Å². The van der Waals surface area contributed by atoms with E-state index in [1.54, 1.807) is 25.3 Å². The molecule has 0 spiro atoms. The van der Waals surface area contributed by atoms with Gasteiger partial charge in [0.05, 0.1) is 0 Å². The van der Waals surface area contributed by atoms with Crippen LogP contribution in [0.4, 0.5) is 8.78 Å². The molecule has 1 aromatic rings. The summed E-state index contributed by atoms with van der Waals surface area (Å²) in [6.07, 6.45) is 3.48. The SMILES string of the molecule is CNCC=Cc1cc(Cl)ccc1OC(F)F. The maximum absolute atomic E-state index is 12.1. The predicted molar refractivity (Wildman–Crippen MR) is 61.0 cm³/mol. The van der Waals surface area contributed by atoms with Crippen molar-refractivity contribution in [3.63, 3.8) is 0 Å². The Morgan fingerprint density at radius 2 is 2.25 bits per heavy atom. The molecule has 2 nitrogen and oxygen atoms in total. The second-order valence-electron chi connectivity index (χ2n) is 3.02. The predicted octanol–water partition coefficient (Wildman–Crippen LogP) is 3.17. The number of nitrogens with one attached hydrogen (secondary N) is 1. The van der Waals surface area contributed by atoms with Crippen molar-refractivity contribution in [2.24, 2.45) is 0 Å². The van der Waals surface area contributed by atoms with Crippen LogP contribution in [0.25, 0.3) is 6.08 Å². The van der Waals surface area contributed by atoms with Gasteiger partial charge in [0.2, 0.25) is 0 Å². The van der Waals surface area contributed by atoms with Gasteiger partial charge in [-0.15, -0.1) is 0 Å². The topological polar surface area (TPSA) is 21.3 Å². The number of halogens is 3. The van der Waals surface area contributed by atoms with Crippen LogP contribution in [0.5, 0.6) is 5.75 Å². The fourth-order valence-electron chi connectivity index (χ4n) is 1.16. The molecule has 0 saturated carbocycles. The highest BCUT2D eigenvalue weighted by atomic mass is 35.5. The summed E-state index contributed by atoms with van der Waals surface area (Å²) in [4.78, 5) is 0. The molecule has 5 heteroatoms. The van der Waals surface area contributed by atoms with E-state index in [2.05, 4.69) is 10.1 Å². The molecule has 16 heavy (non-hydrogen) atoms. The summed E-state index contributed by atoms with van der Waals surface area (Å²) < 4.78 is 28.6. The second-order valence-corrected chi connectivity index (χ2v) is 3.46. The highest BCUT2D eigenvalue weighted by molar-refractivity contribution is 6.30.